The van der Waals surface area contributed by atoms with E-state index in [1.807, 2.05) is 4.52 Å². The molecule has 172 valence electrons. The van der Waals surface area contributed by atoms with Crippen LogP contribution >= 0.6 is 0 Å². The van der Waals surface area contributed by atoms with Gasteiger partial charge in [0.15, 0.2) is 0 Å². The predicted octanol–water partition coefficient (Wildman–Crippen LogP) is 5.21. The van der Waals surface area contributed by atoms with Gasteiger partial charge in [0.05, 0.1) is 17.5 Å². The molecule has 0 saturated heterocycles. The lowest BCUT2D eigenvalue weighted by molar-refractivity contribution is -0.111. The summed E-state index contributed by atoms with van der Waals surface area (Å²) in [5.74, 6) is 3.59. The highest BCUT2D eigenvalue weighted by atomic mass is 16.3. The minimum Gasteiger partial charge on any atom is -0.393 e. The van der Waals surface area contributed by atoms with Crippen molar-refractivity contribution in [2.75, 3.05) is 0 Å². The Labute approximate surface area is 195 Å². The smallest absolute Gasteiger partial charge is 0.252 e. The molecule has 2 heterocycles. The van der Waals surface area contributed by atoms with Crippen LogP contribution in [0, 0.1) is 29.1 Å². The van der Waals surface area contributed by atoms with Gasteiger partial charge in [-0.25, -0.2) is 4.98 Å². The second-order valence-electron chi connectivity index (χ2n) is 11.9. The minimum absolute atomic E-state index is 0.0782. The number of nitrogens with zero attached hydrogens (tertiary/aromatic N) is 4. The van der Waals surface area contributed by atoms with Crippen molar-refractivity contribution in [3.05, 3.63) is 47.9 Å². The Morgan fingerprint density at radius 2 is 1.85 bits per heavy atom. The fourth-order valence-electron chi connectivity index (χ4n) is 8.88. The number of rotatable bonds is 1. The van der Waals surface area contributed by atoms with Crippen LogP contribution in [-0.4, -0.2) is 30.8 Å². The molecule has 7 rings (SSSR count). The summed E-state index contributed by atoms with van der Waals surface area (Å²) in [6, 6.07) is 10.7. The van der Waals surface area contributed by atoms with Crippen LogP contribution in [0.2, 0.25) is 0 Å². The van der Waals surface area contributed by atoms with E-state index in [4.69, 9.17) is 4.98 Å². The van der Waals surface area contributed by atoms with Crippen LogP contribution in [0.3, 0.4) is 0 Å². The van der Waals surface area contributed by atoms with Gasteiger partial charge in [0.2, 0.25) is 0 Å². The standard InChI is InChI=1S/C28H34N4O/c1-27-12-10-19(33)14-18(27)8-9-20-22(27)11-13-28(2)23(20)15-21-24(17-6-4-3-5-7-17)32-26(29-16-30-32)31-25(21)28/h3-7,16,18-20,22-23,33H,8-15H2,1-2H3/t18-,19-,20?,22?,23?,27-,28-/m0/s1. The van der Waals surface area contributed by atoms with Gasteiger partial charge < -0.3 is 5.11 Å². The topological polar surface area (TPSA) is 63.3 Å². The minimum atomic E-state index is -0.0782. The molecule has 1 N–H and O–H groups in total. The maximum Gasteiger partial charge on any atom is 0.252 e. The summed E-state index contributed by atoms with van der Waals surface area (Å²) in [7, 11) is 0. The highest BCUT2D eigenvalue weighted by Crippen LogP contribution is 2.65. The summed E-state index contributed by atoms with van der Waals surface area (Å²) in [5.41, 5.74) is 5.61. The zero-order valence-electron chi connectivity index (χ0n) is 19.7. The summed E-state index contributed by atoms with van der Waals surface area (Å²) >= 11 is 0. The molecule has 3 unspecified atom stereocenters. The molecule has 3 aromatic rings. The lowest BCUT2D eigenvalue weighted by Gasteiger charge is -2.60. The number of hydrogen-bond acceptors (Lipinski definition) is 4. The largest absolute Gasteiger partial charge is 0.393 e. The lowest BCUT2D eigenvalue weighted by Crippen LogP contribution is -2.54. The first kappa shape index (κ1) is 20.1. The summed E-state index contributed by atoms with van der Waals surface area (Å²) in [5, 5.41) is 14.9. The first-order valence-corrected chi connectivity index (χ1v) is 13.0. The number of aliphatic hydroxyl groups is 1. The average molecular weight is 443 g/mol. The monoisotopic (exact) mass is 442 g/mol. The summed E-state index contributed by atoms with van der Waals surface area (Å²) in [4.78, 5) is 9.68. The number of benzene rings is 1. The van der Waals surface area contributed by atoms with Crippen LogP contribution in [0.25, 0.3) is 17.0 Å². The molecule has 1 aromatic carbocycles. The van der Waals surface area contributed by atoms with Crippen molar-refractivity contribution in [2.24, 2.45) is 29.1 Å². The summed E-state index contributed by atoms with van der Waals surface area (Å²) in [6.07, 6.45) is 11.0. The van der Waals surface area contributed by atoms with Crippen LogP contribution in [0.15, 0.2) is 36.7 Å². The van der Waals surface area contributed by atoms with Gasteiger partial charge in [-0.15, -0.1) is 0 Å². The lowest BCUT2D eigenvalue weighted by atomic mass is 9.45. The van der Waals surface area contributed by atoms with Crippen molar-refractivity contribution in [3.63, 3.8) is 0 Å². The maximum atomic E-state index is 10.4. The van der Waals surface area contributed by atoms with Crippen molar-refractivity contribution in [2.45, 2.75) is 76.7 Å². The normalized spacial score (nSPS) is 39.5. The fourth-order valence-corrected chi connectivity index (χ4v) is 8.88. The second-order valence-corrected chi connectivity index (χ2v) is 11.9. The van der Waals surface area contributed by atoms with Crippen molar-refractivity contribution < 1.29 is 5.11 Å². The van der Waals surface area contributed by atoms with Gasteiger partial charge in [0.25, 0.3) is 5.78 Å². The number of hydrogen-bond donors (Lipinski definition) is 1. The Bertz CT molecular complexity index is 1220. The number of fused-ring (bicyclic) bond motifs is 8. The van der Waals surface area contributed by atoms with Crippen LogP contribution in [0.1, 0.15) is 70.1 Å². The van der Waals surface area contributed by atoms with E-state index in [9.17, 15) is 5.11 Å². The van der Waals surface area contributed by atoms with E-state index in [1.54, 1.807) is 6.33 Å². The van der Waals surface area contributed by atoms with E-state index in [2.05, 4.69) is 54.3 Å². The van der Waals surface area contributed by atoms with Crippen LogP contribution in [0.4, 0.5) is 0 Å². The van der Waals surface area contributed by atoms with Gasteiger partial charge in [-0.05, 0) is 80.5 Å². The van der Waals surface area contributed by atoms with Crippen molar-refractivity contribution in [3.8, 4) is 11.3 Å². The first-order valence-electron chi connectivity index (χ1n) is 13.0. The maximum absolute atomic E-state index is 10.4. The average Bonchev–Trinajstić information content (AvgIpc) is 3.41. The van der Waals surface area contributed by atoms with Gasteiger partial charge in [-0.1, -0.05) is 44.2 Å². The van der Waals surface area contributed by atoms with E-state index in [-0.39, 0.29) is 11.5 Å². The molecule has 4 aliphatic rings. The molecule has 0 bridgehead atoms. The van der Waals surface area contributed by atoms with Gasteiger partial charge in [-0.2, -0.15) is 14.6 Å². The molecule has 5 heteroatoms. The Kier molecular flexibility index (Phi) is 4.20. The zero-order valence-corrected chi connectivity index (χ0v) is 19.7. The second kappa shape index (κ2) is 6.88. The fraction of sp³-hybridized carbons (Fsp3) is 0.607. The predicted molar refractivity (Wildman–Crippen MR) is 128 cm³/mol. The van der Waals surface area contributed by atoms with Gasteiger partial charge in [0.1, 0.15) is 6.33 Å². The van der Waals surface area contributed by atoms with Crippen molar-refractivity contribution in [1.82, 2.24) is 19.6 Å². The highest BCUT2D eigenvalue weighted by Gasteiger charge is 2.60. The molecular weight excluding hydrogens is 408 g/mol. The third-order valence-corrected chi connectivity index (χ3v) is 10.6. The Balaban J connectivity index is 1.34. The van der Waals surface area contributed by atoms with Gasteiger partial charge >= 0.3 is 0 Å². The van der Waals surface area contributed by atoms with E-state index in [0.29, 0.717) is 17.3 Å². The zero-order chi connectivity index (χ0) is 22.4. The molecule has 5 nitrogen and oxygen atoms in total. The Morgan fingerprint density at radius 3 is 2.70 bits per heavy atom. The van der Waals surface area contributed by atoms with Crippen LogP contribution in [0.5, 0.6) is 0 Å². The number of aliphatic hydroxyl groups excluding tert-OH is 1. The Hall–Kier alpha value is -2.27. The van der Waals surface area contributed by atoms with Gasteiger partial charge in [-0.3, -0.25) is 0 Å². The molecule has 33 heavy (non-hydrogen) atoms. The molecule has 3 fully saturated rings. The third-order valence-electron chi connectivity index (χ3n) is 10.6. The van der Waals surface area contributed by atoms with Crippen LogP contribution in [-0.2, 0) is 11.8 Å². The molecule has 4 aliphatic carbocycles. The molecule has 3 saturated carbocycles. The SMILES string of the molecule is C[C@]12CCC3C(CC[C@H]4C[C@@H](O)CC[C@]34C)C1Cc1c2nc2ncnn2c1-c1ccccc1. The molecule has 0 amide bonds. The summed E-state index contributed by atoms with van der Waals surface area (Å²) < 4.78 is 1.97. The van der Waals surface area contributed by atoms with E-state index in [1.165, 1.54) is 54.6 Å². The highest BCUT2D eigenvalue weighted by molar-refractivity contribution is 5.68. The van der Waals surface area contributed by atoms with Crippen LogP contribution < -0.4 is 0 Å². The third kappa shape index (κ3) is 2.66. The molecule has 0 radical (unpaired) electrons. The first-order chi connectivity index (χ1) is 16.0. The molecule has 0 aliphatic heterocycles. The Morgan fingerprint density at radius 1 is 1.00 bits per heavy atom. The number of aromatic nitrogens is 4. The quantitative estimate of drug-likeness (QED) is 0.562. The van der Waals surface area contributed by atoms with Crippen molar-refractivity contribution in [1.29, 1.82) is 0 Å². The molecular formula is C28H34N4O. The molecule has 7 atom stereocenters. The molecule has 0 spiro atoms. The van der Waals surface area contributed by atoms with E-state index in [0.717, 1.165) is 36.9 Å². The van der Waals surface area contributed by atoms with E-state index < -0.39 is 0 Å². The van der Waals surface area contributed by atoms with Crippen molar-refractivity contribution >= 4 is 5.78 Å². The molecule has 2 aromatic heterocycles. The summed E-state index contributed by atoms with van der Waals surface area (Å²) in [6.45, 7) is 5.06. The van der Waals surface area contributed by atoms with Gasteiger partial charge in [0, 0.05) is 16.5 Å². The van der Waals surface area contributed by atoms with E-state index >= 15 is 0 Å².